The van der Waals surface area contributed by atoms with Gasteiger partial charge in [0.1, 0.15) is 12.7 Å². The lowest BCUT2D eigenvalue weighted by Gasteiger charge is -2.08. The minimum Gasteiger partial charge on any atom is -0.332 e. The van der Waals surface area contributed by atoms with E-state index in [9.17, 15) is 4.79 Å². The molecule has 0 bridgehead atoms. The summed E-state index contributed by atoms with van der Waals surface area (Å²) >= 11 is 13.5. The number of aromatic nitrogens is 3. The number of para-hydroxylation sites is 1. The minimum atomic E-state index is -0.314. The molecule has 0 saturated carbocycles. The van der Waals surface area contributed by atoms with Crippen LogP contribution in [0.5, 0.6) is 0 Å². The van der Waals surface area contributed by atoms with E-state index in [1.807, 2.05) is 24.3 Å². The third-order valence-electron chi connectivity index (χ3n) is 3.69. The van der Waals surface area contributed by atoms with Gasteiger partial charge in [-0.2, -0.15) is 10.1 Å². The first-order chi connectivity index (χ1) is 13.1. The summed E-state index contributed by atoms with van der Waals surface area (Å²) in [5.41, 5.74) is 2.28. The fraction of sp³-hybridized carbons (Fsp3) is 0. The van der Waals surface area contributed by atoms with Gasteiger partial charge in [0.05, 0.1) is 26.3 Å². The van der Waals surface area contributed by atoms with Crippen molar-refractivity contribution < 1.29 is 4.79 Å². The highest BCUT2D eigenvalue weighted by atomic mass is 35.5. The Bertz CT molecular complexity index is 1040. The Labute approximate surface area is 168 Å². The number of halogens is 2. The number of rotatable bonds is 3. The Balaban J connectivity index is 1.50. The molecule has 9 heteroatoms. The van der Waals surface area contributed by atoms with Gasteiger partial charge in [-0.3, -0.25) is 4.79 Å². The van der Waals surface area contributed by atoms with Crippen LogP contribution in [0.1, 0.15) is 5.56 Å². The van der Waals surface area contributed by atoms with E-state index in [1.165, 1.54) is 18.1 Å². The molecule has 1 aliphatic rings. The molecular weight excluding hydrogens is 405 g/mol. The molecule has 6 nitrogen and oxygen atoms in total. The zero-order valence-corrected chi connectivity index (χ0v) is 16.0. The van der Waals surface area contributed by atoms with Gasteiger partial charge < -0.3 is 5.32 Å². The topological polar surface area (TPSA) is 72.2 Å². The molecule has 2 heterocycles. The maximum Gasteiger partial charge on any atom is 0.286 e. The Morgan fingerprint density at radius 1 is 1.07 bits per heavy atom. The summed E-state index contributed by atoms with van der Waals surface area (Å²) in [7, 11) is 0. The molecular formula is C18H11Cl2N5OS. The number of anilines is 1. The van der Waals surface area contributed by atoms with Gasteiger partial charge in [0.15, 0.2) is 5.17 Å². The summed E-state index contributed by atoms with van der Waals surface area (Å²) in [6, 6.07) is 12.8. The van der Waals surface area contributed by atoms with Gasteiger partial charge in [-0.25, -0.2) is 9.67 Å². The van der Waals surface area contributed by atoms with E-state index in [1.54, 1.807) is 35.3 Å². The first kappa shape index (κ1) is 17.8. The van der Waals surface area contributed by atoms with Crippen molar-refractivity contribution in [3.8, 4) is 5.69 Å². The molecule has 4 rings (SSSR count). The van der Waals surface area contributed by atoms with Crippen LogP contribution in [0, 0.1) is 0 Å². The number of hydrogen-bond acceptors (Lipinski definition) is 5. The van der Waals surface area contributed by atoms with Gasteiger partial charge in [-0.05, 0) is 47.7 Å². The van der Waals surface area contributed by atoms with Gasteiger partial charge in [-0.15, -0.1) is 0 Å². The summed E-state index contributed by atoms with van der Waals surface area (Å²) < 4.78 is 1.66. The normalized spacial score (nSPS) is 15.3. The lowest BCUT2D eigenvalue weighted by Crippen LogP contribution is -2.05. The molecule has 1 N–H and O–H groups in total. The Hall–Kier alpha value is -2.61. The van der Waals surface area contributed by atoms with Gasteiger partial charge in [-0.1, -0.05) is 41.4 Å². The lowest BCUT2D eigenvalue weighted by molar-refractivity contribution is -0.113. The molecule has 0 unspecified atom stereocenters. The summed E-state index contributed by atoms with van der Waals surface area (Å²) in [6.45, 7) is 0. The second-order valence-corrected chi connectivity index (χ2v) is 7.33. The molecule has 0 spiro atoms. The van der Waals surface area contributed by atoms with E-state index in [2.05, 4.69) is 20.4 Å². The molecule has 3 aromatic rings. The lowest BCUT2D eigenvalue weighted by atomic mass is 10.2. The molecule has 134 valence electrons. The molecule has 0 fully saturated rings. The maximum absolute atomic E-state index is 12.2. The van der Waals surface area contributed by atoms with E-state index < -0.39 is 0 Å². The van der Waals surface area contributed by atoms with Crippen LogP contribution in [0.2, 0.25) is 10.0 Å². The largest absolute Gasteiger partial charge is 0.332 e. The van der Waals surface area contributed by atoms with E-state index in [4.69, 9.17) is 23.2 Å². The molecule has 1 aliphatic heterocycles. The van der Waals surface area contributed by atoms with Crippen molar-refractivity contribution in [2.75, 3.05) is 5.32 Å². The number of nitrogens with zero attached hydrogens (tertiary/aromatic N) is 4. The molecule has 0 atom stereocenters. The zero-order chi connectivity index (χ0) is 18.8. The van der Waals surface area contributed by atoms with Gasteiger partial charge in [0.2, 0.25) is 0 Å². The van der Waals surface area contributed by atoms with Crippen molar-refractivity contribution in [2.24, 2.45) is 4.99 Å². The molecule has 0 radical (unpaired) electrons. The number of amides is 1. The summed E-state index contributed by atoms with van der Waals surface area (Å²) in [5.74, 6) is -0.314. The molecule has 0 aliphatic carbocycles. The predicted octanol–water partition coefficient (Wildman–Crippen LogP) is 4.66. The van der Waals surface area contributed by atoms with Crippen LogP contribution in [-0.4, -0.2) is 25.8 Å². The van der Waals surface area contributed by atoms with Gasteiger partial charge in [0.25, 0.3) is 5.91 Å². The SMILES string of the molecule is O=C1N=C(Nc2c(Cl)cccc2Cl)S/C1=C\c1ccc(-n2cncn2)cc1. The molecule has 27 heavy (non-hydrogen) atoms. The Morgan fingerprint density at radius 2 is 1.81 bits per heavy atom. The van der Waals surface area contributed by atoms with Crippen molar-refractivity contribution in [2.45, 2.75) is 0 Å². The first-order valence-corrected chi connectivity index (χ1v) is 9.36. The van der Waals surface area contributed by atoms with Crippen LogP contribution < -0.4 is 5.32 Å². The molecule has 1 amide bonds. The Morgan fingerprint density at radius 3 is 2.48 bits per heavy atom. The zero-order valence-electron chi connectivity index (χ0n) is 13.6. The van der Waals surface area contributed by atoms with Crippen molar-refractivity contribution in [1.29, 1.82) is 0 Å². The fourth-order valence-corrected chi connectivity index (χ4v) is 3.71. The van der Waals surface area contributed by atoms with Crippen LogP contribution in [-0.2, 0) is 4.79 Å². The average Bonchev–Trinajstić information content (AvgIpc) is 3.30. The number of aliphatic imine (C=N–C) groups is 1. The van der Waals surface area contributed by atoms with E-state index >= 15 is 0 Å². The number of nitrogens with one attached hydrogen (secondary N) is 1. The third kappa shape index (κ3) is 3.90. The van der Waals surface area contributed by atoms with Crippen LogP contribution >= 0.6 is 35.0 Å². The summed E-state index contributed by atoms with van der Waals surface area (Å²) in [6.07, 6.45) is 4.88. The summed E-state index contributed by atoms with van der Waals surface area (Å²) in [5, 5.41) is 8.45. The van der Waals surface area contributed by atoms with Crippen molar-refractivity contribution in [3.05, 3.63) is 75.6 Å². The smallest absolute Gasteiger partial charge is 0.286 e. The fourth-order valence-electron chi connectivity index (χ4n) is 2.40. The highest BCUT2D eigenvalue weighted by Gasteiger charge is 2.23. The minimum absolute atomic E-state index is 0.314. The molecule has 0 saturated heterocycles. The standard InChI is InChI=1S/C18H11Cl2N5OS/c19-13-2-1-3-14(20)16(13)23-18-24-17(26)15(27-18)8-11-4-6-12(7-5-11)25-10-21-9-22-25/h1-10H,(H,23,24,26)/b15-8-. The number of carbonyl (C=O) groups excluding carboxylic acids is 1. The monoisotopic (exact) mass is 415 g/mol. The predicted molar refractivity (Wildman–Crippen MR) is 109 cm³/mol. The second kappa shape index (κ2) is 7.56. The van der Waals surface area contributed by atoms with Crippen LogP contribution in [0.4, 0.5) is 5.69 Å². The first-order valence-electron chi connectivity index (χ1n) is 7.79. The van der Waals surface area contributed by atoms with Crippen LogP contribution in [0.15, 0.2) is 65.0 Å². The van der Waals surface area contributed by atoms with Crippen LogP contribution in [0.25, 0.3) is 11.8 Å². The molecule has 1 aromatic heterocycles. The maximum atomic E-state index is 12.2. The second-order valence-electron chi connectivity index (χ2n) is 5.49. The summed E-state index contributed by atoms with van der Waals surface area (Å²) in [4.78, 5) is 20.6. The number of thioether (sulfide) groups is 1. The third-order valence-corrected chi connectivity index (χ3v) is 5.22. The highest BCUT2D eigenvalue weighted by molar-refractivity contribution is 8.18. The van der Waals surface area contributed by atoms with Crippen LogP contribution in [0.3, 0.4) is 0 Å². The van der Waals surface area contributed by atoms with E-state index in [-0.39, 0.29) is 5.91 Å². The van der Waals surface area contributed by atoms with Crippen molar-refractivity contribution in [3.63, 3.8) is 0 Å². The molecule has 2 aromatic carbocycles. The number of hydrogen-bond donors (Lipinski definition) is 1. The van der Waals surface area contributed by atoms with E-state index in [0.717, 1.165) is 11.3 Å². The number of carbonyl (C=O) groups is 1. The Kier molecular flexibility index (Phi) is 4.98. The van der Waals surface area contributed by atoms with Gasteiger partial charge >= 0.3 is 0 Å². The number of amidine groups is 1. The van der Waals surface area contributed by atoms with Crippen molar-refractivity contribution in [1.82, 2.24) is 14.8 Å². The number of benzene rings is 2. The quantitative estimate of drug-likeness (QED) is 0.629. The van der Waals surface area contributed by atoms with Crippen molar-refractivity contribution >= 4 is 57.8 Å². The average molecular weight is 416 g/mol. The highest BCUT2D eigenvalue weighted by Crippen LogP contribution is 2.34. The van der Waals surface area contributed by atoms with E-state index in [0.29, 0.717) is 25.8 Å². The van der Waals surface area contributed by atoms with Gasteiger partial charge in [0, 0.05) is 0 Å².